The van der Waals surface area contributed by atoms with Crippen LogP contribution in [-0.2, 0) is 14.4 Å². The van der Waals surface area contributed by atoms with E-state index in [1.807, 2.05) is 0 Å². The highest BCUT2D eigenvalue weighted by Crippen LogP contribution is 2.55. The van der Waals surface area contributed by atoms with E-state index >= 15 is 0 Å². The number of hydrogen-bond acceptors (Lipinski definition) is 6. The Bertz CT molecular complexity index is 775. The zero-order chi connectivity index (χ0) is 24.8. The third-order valence-corrected chi connectivity index (χ3v) is 10.2. The molecule has 6 fully saturated rings. The van der Waals surface area contributed by atoms with E-state index in [1.54, 1.807) is 0 Å². The predicted octanol–water partition coefficient (Wildman–Crippen LogP) is 3.20. The van der Waals surface area contributed by atoms with Crippen LogP contribution in [0.1, 0.15) is 70.6 Å². The predicted molar refractivity (Wildman–Crippen MR) is 127 cm³/mol. The number of fused-ring (bicyclic) bond motifs is 3. The first-order valence-electron chi connectivity index (χ1n) is 13.0. The molecule has 6 rings (SSSR count). The molecular formula is C24H37Cl2F2N3O4. The fourth-order valence-electron chi connectivity index (χ4n) is 6.94. The van der Waals surface area contributed by atoms with E-state index in [-0.39, 0.29) is 43.4 Å². The normalized spacial score (nSPS) is 50.3. The Hall–Kier alpha value is -0.290. The minimum Gasteiger partial charge on any atom is -0.392 e. The molecule has 0 aromatic rings. The molecule has 35 heavy (non-hydrogen) atoms. The molecule has 0 aromatic carbocycles. The molecule has 200 valence electrons. The first-order chi connectivity index (χ1) is 16.7. The van der Waals surface area contributed by atoms with Crippen molar-refractivity contribution in [3.05, 3.63) is 0 Å². The van der Waals surface area contributed by atoms with Crippen molar-refractivity contribution in [2.75, 3.05) is 6.61 Å². The van der Waals surface area contributed by atoms with E-state index in [0.717, 1.165) is 19.3 Å². The van der Waals surface area contributed by atoms with Gasteiger partial charge >= 0.3 is 0 Å². The van der Waals surface area contributed by atoms with Crippen LogP contribution < -0.4 is 16.1 Å². The number of carbonyl (C=O) groups excluding carboxylic acids is 1. The number of alkyl halides is 4. The third-order valence-electron chi connectivity index (χ3n) is 9.26. The molecule has 11 heteroatoms. The van der Waals surface area contributed by atoms with Crippen molar-refractivity contribution in [2.45, 2.75) is 124 Å². The van der Waals surface area contributed by atoms with Crippen molar-refractivity contribution in [2.24, 2.45) is 11.3 Å². The van der Waals surface area contributed by atoms with Gasteiger partial charge in [-0.2, -0.15) is 5.48 Å². The summed E-state index contributed by atoms with van der Waals surface area (Å²) in [5, 5.41) is 16.9. The molecule has 1 amide bonds. The number of aliphatic hydroxyl groups is 1. The summed E-state index contributed by atoms with van der Waals surface area (Å²) < 4.78 is 33.7. The molecule has 9 atom stereocenters. The standard InChI is InChI=1S/C24H37Cl2F2N3O4/c25-15-3-1-13(9-17(15)27)21-29-22(35-31-21)24-7-5-23(6-8-24,11-19(24)32)30-20(33)12-34-14-2-4-16(26)18(28)10-14/h13-19,21-22,29,31-32H,1-12H2,(H,30,33)/t13?,14?,15?,16?,17?,18?,19-,21?,22?,23?,24?/m0/s1. The van der Waals surface area contributed by atoms with Crippen molar-refractivity contribution >= 4 is 29.1 Å². The van der Waals surface area contributed by atoms with Crippen molar-refractivity contribution in [3.8, 4) is 0 Å². The minimum atomic E-state index is -1.11. The number of hydrogen-bond donors (Lipinski definition) is 4. The van der Waals surface area contributed by atoms with Crippen molar-refractivity contribution in [1.29, 1.82) is 0 Å². The number of ether oxygens (including phenoxy) is 1. The lowest BCUT2D eigenvalue weighted by molar-refractivity contribution is -0.176. The van der Waals surface area contributed by atoms with Crippen LogP contribution in [0.3, 0.4) is 0 Å². The average molecular weight is 540 g/mol. The number of carbonyl (C=O) groups is 1. The van der Waals surface area contributed by atoms with Crippen LogP contribution in [0, 0.1) is 11.3 Å². The van der Waals surface area contributed by atoms with Gasteiger partial charge < -0.3 is 15.2 Å². The molecule has 2 bridgehead atoms. The van der Waals surface area contributed by atoms with E-state index in [1.165, 1.54) is 0 Å². The lowest BCUT2D eigenvalue weighted by Crippen LogP contribution is -2.66. The largest absolute Gasteiger partial charge is 0.392 e. The van der Waals surface area contributed by atoms with E-state index in [2.05, 4.69) is 16.1 Å². The Balaban J connectivity index is 1.12. The summed E-state index contributed by atoms with van der Waals surface area (Å²) >= 11 is 12.0. The molecule has 1 heterocycles. The molecule has 1 aliphatic heterocycles. The van der Waals surface area contributed by atoms with Gasteiger partial charge in [0.1, 0.15) is 25.2 Å². The van der Waals surface area contributed by atoms with Crippen LogP contribution >= 0.6 is 23.2 Å². The highest BCUT2D eigenvalue weighted by atomic mass is 35.5. The van der Waals surface area contributed by atoms with Gasteiger partial charge in [0, 0.05) is 17.4 Å². The van der Waals surface area contributed by atoms with Crippen LogP contribution in [0.5, 0.6) is 0 Å². The quantitative estimate of drug-likeness (QED) is 0.387. The fraction of sp³-hybridized carbons (Fsp3) is 0.958. The smallest absolute Gasteiger partial charge is 0.246 e. The number of nitrogens with one attached hydrogen (secondary N) is 3. The van der Waals surface area contributed by atoms with Gasteiger partial charge in [-0.1, -0.05) is 0 Å². The zero-order valence-corrected chi connectivity index (χ0v) is 21.4. The summed E-state index contributed by atoms with van der Waals surface area (Å²) in [6.07, 6.45) is 2.95. The van der Waals surface area contributed by atoms with Gasteiger partial charge in [0.2, 0.25) is 5.91 Å². The first-order valence-corrected chi connectivity index (χ1v) is 13.9. The number of aliphatic hydroxyl groups excluding tert-OH is 1. The van der Waals surface area contributed by atoms with Crippen LogP contribution in [0.15, 0.2) is 0 Å². The molecule has 5 aliphatic carbocycles. The molecule has 1 saturated heterocycles. The molecule has 0 aromatic heterocycles. The van der Waals surface area contributed by atoms with Gasteiger partial charge in [0.15, 0.2) is 0 Å². The molecule has 8 unspecified atom stereocenters. The number of hydroxylamine groups is 1. The van der Waals surface area contributed by atoms with Gasteiger partial charge in [0.25, 0.3) is 0 Å². The van der Waals surface area contributed by atoms with Crippen LogP contribution in [-0.4, -0.2) is 70.9 Å². The highest BCUT2D eigenvalue weighted by Gasteiger charge is 2.60. The molecule has 0 spiro atoms. The maximum Gasteiger partial charge on any atom is 0.246 e. The summed E-state index contributed by atoms with van der Waals surface area (Å²) in [5.74, 6) is -0.154. The lowest BCUT2D eigenvalue weighted by atomic mass is 9.55. The highest BCUT2D eigenvalue weighted by molar-refractivity contribution is 6.21. The first kappa shape index (κ1) is 26.3. The van der Waals surface area contributed by atoms with E-state index in [0.29, 0.717) is 44.9 Å². The Morgan fingerprint density at radius 3 is 2.40 bits per heavy atom. The average Bonchev–Trinajstić information content (AvgIpc) is 3.33. The third kappa shape index (κ3) is 5.33. The second-order valence-corrected chi connectivity index (χ2v) is 12.5. The van der Waals surface area contributed by atoms with Crippen LogP contribution in [0.2, 0.25) is 0 Å². The van der Waals surface area contributed by atoms with Gasteiger partial charge in [-0.15, -0.1) is 23.2 Å². The second-order valence-electron chi connectivity index (χ2n) is 11.4. The number of halogens is 4. The maximum atomic E-state index is 14.1. The van der Waals surface area contributed by atoms with Gasteiger partial charge in [0.05, 0.1) is 29.1 Å². The molecular weight excluding hydrogens is 503 g/mol. The summed E-state index contributed by atoms with van der Waals surface area (Å²) in [4.78, 5) is 18.6. The Morgan fingerprint density at radius 2 is 1.74 bits per heavy atom. The topological polar surface area (TPSA) is 91.9 Å². The molecule has 0 radical (unpaired) electrons. The van der Waals surface area contributed by atoms with Crippen molar-refractivity contribution in [1.82, 2.24) is 16.1 Å². The molecule has 6 aliphatic rings. The summed E-state index contributed by atoms with van der Waals surface area (Å²) in [6.45, 7) is -0.119. The van der Waals surface area contributed by atoms with E-state index in [4.69, 9.17) is 32.8 Å². The molecule has 4 N–H and O–H groups in total. The van der Waals surface area contributed by atoms with Gasteiger partial charge in [-0.3, -0.25) is 14.9 Å². The monoisotopic (exact) mass is 539 g/mol. The minimum absolute atomic E-state index is 0.0799. The number of rotatable bonds is 6. The van der Waals surface area contributed by atoms with Crippen LogP contribution in [0.4, 0.5) is 8.78 Å². The zero-order valence-electron chi connectivity index (χ0n) is 19.9. The Labute approximate surface area is 215 Å². The fourth-order valence-corrected chi connectivity index (χ4v) is 7.39. The van der Waals surface area contributed by atoms with Gasteiger partial charge in [-0.05, 0) is 70.1 Å². The summed E-state index contributed by atoms with van der Waals surface area (Å²) in [7, 11) is 0. The lowest BCUT2D eigenvalue weighted by Gasteiger charge is -2.57. The summed E-state index contributed by atoms with van der Waals surface area (Å²) in [5.41, 5.74) is 2.12. The SMILES string of the molecule is O=C(COC1CCC(Cl)C(F)C1)NC12CCC(C3NC(C4CCC(Cl)C(F)C4)NO3)(CC1)[C@@H](O)C2. The van der Waals surface area contributed by atoms with E-state index < -0.39 is 40.2 Å². The van der Waals surface area contributed by atoms with Gasteiger partial charge in [-0.25, -0.2) is 8.78 Å². The maximum absolute atomic E-state index is 14.1. The Kier molecular flexibility index (Phi) is 7.87. The van der Waals surface area contributed by atoms with Crippen LogP contribution in [0.25, 0.3) is 0 Å². The van der Waals surface area contributed by atoms with Crippen molar-refractivity contribution < 1.29 is 28.3 Å². The molecule has 7 nitrogen and oxygen atoms in total. The summed E-state index contributed by atoms with van der Waals surface area (Å²) in [6, 6.07) is 0. The van der Waals surface area contributed by atoms with Crippen molar-refractivity contribution in [3.63, 3.8) is 0 Å². The van der Waals surface area contributed by atoms with E-state index in [9.17, 15) is 18.7 Å². The molecule has 5 saturated carbocycles. The number of amides is 1. The Morgan fingerprint density at radius 1 is 1.06 bits per heavy atom. The second kappa shape index (κ2) is 10.5.